The number of nitrogens with zero attached hydrogens (tertiary/aromatic N) is 1. The van der Waals surface area contributed by atoms with Gasteiger partial charge in [-0.3, -0.25) is 0 Å². The Kier molecular flexibility index (Phi) is 3.29. The summed E-state index contributed by atoms with van der Waals surface area (Å²) >= 11 is 0. The third-order valence-corrected chi connectivity index (χ3v) is 6.36. The molecule has 0 spiro atoms. The highest BCUT2D eigenvalue weighted by Gasteiger charge is 2.43. The molecule has 1 atom stereocenters. The lowest BCUT2D eigenvalue weighted by atomic mass is 9.59. The van der Waals surface area contributed by atoms with Crippen molar-refractivity contribution >= 4 is 0 Å². The zero-order valence-corrected chi connectivity index (χ0v) is 13.7. The van der Waals surface area contributed by atoms with E-state index in [4.69, 9.17) is 0 Å². The lowest BCUT2D eigenvalue weighted by Crippen LogP contribution is -2.41. The zero-order chi connectivity index (χ0) is 15.2. The van der Waals surface area contributed by atoms with Crippen molar-refractivity contribution in [3.05, 3.63) is 70.8 Å². The third-order valence-electron chi connectivity index (χ3n) is 6.36. The fraction of sp³-hybridized carbons (Fsp3) is 0.455. The van der Waals surface area contributed by atoms with Crippen molar-refractivity contribution in [3.8, 4) is 0 Å². The fourth-order valence-corrected chi connectivity index (χ4v) is 5.41. The topological polar surface area (TPSA) is 3.24 Å². The van der Waals surface area contributed by atoms with Crippen molar-refractivity contribution in [2.24, 2.45) is 5.92 Å². The monoisotopic (exact) mass is 303 g/mol. The van der Waals surface area contributed by atoms with Gasteiger partial charge in [-0.05, 0) is 60.5 Å². The van der Waals surface area contributed by atoms with E-state index in [1.54, 1.807) is 22.3 Å². The first-order valence-electron chi connectivity index (χ1n) is 9.32. The van der Waals surface area contributed by atoms with Crippen LogP contribution in [0.15, 0.2) is 48.5 Å². The van der Waals surface area contributed by atoms with Crippen molar-refractivity contribution in [2.45, 2.75) is 37.5 Å². The summed E-state index contributed by atoms with van der Waals surface area (Å²) in [7, 11) is 0. The van der Waals surface area contributed by atoms with Gasteiger partial charge in [0.15, 0.2) is 0 Å². The molecule has 6 rings (SSSR count). The molecular weight excluding hydrogens is 278 g/mol. The van der Waals surface area contributed by atoms with Gasteiger partial charge in [0.25, 0.3) is 0 Å². The number of fused-ring (bicyclic) bond motifs is 1. The van der Waals surface area contributed by atoms with Crippen LogP contribution in [-0.2, 0) is 0 Å². The van der Waals surface area contributed by atoms with Crippen LogP contribution < -0.4 is 0 Å². The minimum atomic E-state index is 0.620. The van der Waals surface area contributed by atoms with Crippen molar-refractivity contribution in [1.29, 1.82) is 0 Å². The average Bonchev–Trinajstić information content (AvgIpc) is 2.63. The van der Waals surface area contributed by atoms with Gasteiger partial charge in [0, 0.05) is 18.4 Å². The molecule has 0 radical (unpaired) electrons. The van der Waals surface area contributed by atoms with E-state index in [2.05, 4.69) is 53.4 Å². The van der Waals surface area contributed by atoms with E-state index in [1.165, 1.54) is 45.3 Å². The molecule has 2 aromatic rings. The van der Waals surface area contributed by atoms with E-state index >= 15 is 0 Å². The third kappa shape index (κ3) is 2.17. The van der Waals surface area contributed by atoms with Crippen molar-refractivity contribution in [2.75, 3.05) is 19.6 Å². The van der Waals surface area contributed by atoms with Crippen molar-refractivity contribution in [1.82, 2.24) is 4.90 Å². The molecule has 2 aromatic carbocycles. The summed E-state index contributed by atoms with van der Waals surface area (Å²) in [5, 5.41) is 0. The molecule has 1 heteroatoms. The maximum atomic E-state index is 2.74. The van der Waals surface area contributed by atoms with Crippen molar-refractivity contribution < 1.29 is 0 Å². The Balaban J connectivity index is 1.54. The Morgan fingerprint density at radius 2 is 1.30 bits per heavy atom. The molecule has 1 heterocycles. The molecule has 0 N–H and O–H groups in total. The summed E-state index contributed by atoms with van der Waals surface area (Å²) < 4.78 is 0. The molecule has 1 unspecified atom stereocenters. The Morgan fingerprint density at radius 1 is 0.739 bits per heavy atom. The molecule has 1 fully saturated rings. The standard InChI is InChI=1S/C22H25N/c1-6-12-23(13-7-1)15-16-14-21-17-8-2-4-10-19(17)22(16)20-11-5-3-9-18(20)21/h2-5,8-11,16,21-22H,1,6-7,12-15H2. The van der Waals surface area contributed by atoms with E-state index in [-0.39, 0.29) is 0 Å². The van der Waals surface area contributed by atoms with Crippen LogP contribution in [0.5, 0.6) is 0 Å². The van der Waals surface area contributed by atoms with Gasteiger partial charge in [0.1, 0.15) is 0 Å². The predicted octanol–water partition coefficient (Wildman–Crippen LogP) is 4.77. The van der Waals surface area contributed by atoms with E-state index in [0.717, 1.165) is 5.92 Å². The predicted molar refractivity (Wildman–Crippen MR) is 95.0 cm³/mol. The van der Waals surface area contributed by atoms with Crippen LogP contribution in [0.2, 0.25) is 0 Å². The molecule has 118 valence electrons. The molecule has 2 bridgehead atoms. The largest absolute Gasteiger partial charge is 0.303 e. The number of likely N-dealkylation sites (tertiary alicyclic amines) is 1. The highest BCUT2D eigenvalue weighted by molar-refractivity contribution is 5.55. The quantitative estimate of drug-likeness (QED) is 0.772. The van der Waals surface area contributed by atoms with E-state index in [1.807, 2.05) is 0 Å². The number of piperidine rings is 1. The first-order valence-corrected chi connectivity index (χ1v) is 9.32. The lowest BCUT2D eigenvalue weighted by Gasteiger charge is -2.47. The number of hydrogen-bond donors (Lipinski definition) is 0. The Morgan fingerprint density at radius 3 is 1.91 bits per heavy atom. The minimum Gasteiger partial charge on any atom is -0.303 e. The second-order valence-corrected chi connectivity index (χ2v) is 7.65. The first kappa shape index (κ1) is 13.8. The Hall–Kier alpha value is -1.60. The van der Waals surface area contributed by atoms with Crippen LogP contribution in [0, 0.1) is 5.92 Å². The van der Waals surface area contributed by atoms with Gasteiger partial charge in [0.05, 0.1) is 0 Å². The molecule has 0 aromatic heterocycles. The summed E-state index contributed by atoms with van der Waals surface area (Å²) in [6.45, 7) is 3.93. The molecule has 0 amide bonds. The van der Waals surface area contributed by atoms with E-state index in [0.29, 0.717) is 11.8 Å². The smallest absolute Gasteiger partial charge is 0.0136 e. The summed E-state index contributed by atoms with van der Waals surface area (Å²) in [5.41, 5.74) is 6.44. The van der Waals surface area contributed by atoms with Crippen LogP contribution in [0.4, 0.5) is 0 Å². The van der Waals surface area contributed by atoms with Gasteiger partial charge >= 0.3 is 0 Å². The van der Waals surface area contributed by atoms with Gasteiger partial charge in [-0.15, -0.1) is 0 Å². The van der Waals surface area contributed by atoms with Gasteiger partial charge < -0.3 is 4.90 Å². The fourth-order valence-electron chi connectivity index (χ4n) is 5.41. The molecular formula is C22H25N. The maximum absolute atomic E-state index is 2.74. The summed E-state index contributed by atoms with van der Waals surface area (Å²) in [6, 6.07) is 18.5. The lowest BCUT2D eigenvalue weighted by molar-refractivity contribution is 0.171. The van der Waals surface area contributed by atoms with Crippen LogP contribution >= 0.6 is 0 Å². The summed E-state index contributed by atoms with van der Waals surface area (Å²) in [4.78, 5) is 2.74. The van der Waals surface area contributed by atoms with Gasteiger partial charge in [-0.25, -0.2) is 0 Å². The first-order chi connectivity index (χ1) is 11.4. The normalized spacial score (nSPS) is 29.1. The molecule has 1 saturated heterocycles. The number of benzene rings is 2. The van der Waals surface area contributed by atoms with Crippen molar-refractivity contribution in [3.63, 3.8) is 0 Å². The van der Waals surface area contributed by atoms with E-state index < -0.39 is 0 Å². The van der Waals surface area contributed by atoms with Crippen LogP contribution in [0.1, 0.15) is 59.8 Å². The molecule has 23 heavy (non-hydrogen) atoms. The Labute approximate surface area is 139 Å². The average molecular weight is 303 g/mol. The zero-order valence-electron chi connectivity index (χ0n) is 13.7. The molecule has 0 saturated carbocycles. The minimum absolute atomic E-state index is 0.620. The Bertz CT molecular complexity index is 666. The van der Waals surface area contributed by atoms with Crippen LogP contribution in [-0.4, -0.2) is 24.5 Å². The van der Waals surface area contributed by atoms with Gasteiger partial charge in [0.2, 0.25) is 0 Å². The molecule has 4 aliphatic rings. The highest BCUT2D eigenvalue weighted by atomic mass is 15.1. The summed E-state index contributed by atoms with van der Waals surface area (Å²) in [6.07, 6.45) is 5.57. The maximum Gasteiger partial charge on any atom is 0.0136 e. The van der Waals surface area contributed by atoms with Gasteiger partial charge in [-0.1, -0.05) is 55.0 Å². The summed E-state index contributed by atoms with van der Waals surface area (Å²) in [5.74, 6) is 2.04. The number of rotatable bonds is 2. The highest BCUT2D eigenvalue weighted by Crippen LogP contribution is 2.55. The molecule has 1 nitrogen and oxygen atoms in total. The SMILES string of the molecule is c1ccc2c(c1)C1CC(CN3CCCCC3)C2c2ccccc21. The van der Waals surface area contributed by atoms with E-state index in [9.17, 15) is 0 Å². The van der Waals surface area contributed by atoms with Crippen LogP contribution in [0.25, 0.3) is 0 Å². The molecule has 3 aliphatic carbocycles. The molecule has 1 aliphatic heterocycles. The number of hydrogen-bond acceptors (Lipinski definition) is 1. The second kappa shape index (κ2) is 5.49. The van der Waals surface area contributed by atoms with Crippen LogP contribution in [0.3, 0.4) is 0 Å². The van der Waals surface area contributed by atoms with Gasteiger partial charge in [-0.2, -0.15) is 0 Å². The second-order valence-electron chi connectivity index (χ2n) is 7.65.